The fourth-order valence-corrected chi connectivity index (χ4v) is 3.52. The Morgan fingerprint density at radius 2 is 1.60 bits per heavy atom. The lowest BCUT2D eigenvalue weighted by molar-refractivity contribution is 0.102. The molecule has 0 unspecified atom stereocenters. The van der Waals surface area contributed by atoms with Crippen LogP contribution in [0.3, 0.4) is 0 Å². The first kappa shape index (κ1) is 21.1. The van der Waals surface area contributed by atoms with Gasteiger partial charge in [-0.3, -0.25) is 4.79 Å². The molecule has 0 fully saturated rings. The van der Waals surface area contributed by atoms with Crippen molar-refractivity contribution in [3.05, 3.63) is 90.0 Å². The van der Waals surface area contributed by atoms with Crippen molar-refractivity contribution < 1.29 is 17.9 Å². The number of sulfonamides is 1. The lowest BCUT2D eigenvalue weighted by Gasteiger charge is -2.09. The van der Waals surface area contributed by atoms with Crippen molar-refractivity contribution in [2.75, 3.05) is 11.9 Å². The van der Waals surface area contributed by atoms with Crippen molar-refractivity contribution >= 4 is 21.6 Å². The second-order valence-corrected chi connectivity index (χ2v) is 8.07. The molecule has 0 saturated heterocycles. The summed E-state index contributed by atoms with van der Waals surface area (Å²) in [7, 11) is -3.69. The highest BCUT2D eigenvalue weighted by atomic mass is 32.2. The van der Waals surface area contributed by atoms with E-state index < -0.39 is 10.0 Å². The van der Waals surface area contributed by atoms with Crippen molar-refractivity contribution in [2.24, 2.45) is 0 Å². The van der Waals surface area contributed by atoms with E-state index in [1.54, 1.807) is 24.3 Å². The molecule has 3 rings (SSSR count). The Morgan fingerprint density at radius 3 is 2.23 bits per heavy atom. The van der Waals surface area contributed by atoms with Crippen LogP contribution in [0.1, 0.15) is 15.9 Å². The quantitative estimate of drug-likeness (QED) is 0.547. The molecule has 0 spiro atoms. The minimum absolute atomic E-state index is 0.0363. The van der Waals surface area contributed by atoms with Gasteiger partial charge in [0.15, 0.2) is 0 Å². The summed E-state index contributed by atoms with van der Waals surface area (Å²) in [6.45, 7) is 0.355. The Hall–Kier alpha value is -3.60. The van der Waals surface area contributed by atoms with Gasteiger partial charge in [0.1, 0.15) is 12.4 Å². The van der Waals surface area contributed by atoms with Crippen LogP contribution >= 0.6 is 0 Å². The summed E-state index contributed by atoms with van der Waals surface area (Å²) in [5.41, 5.74) is 1.99. The third-order valence-electron chi connectivity index (χ3n) is 4.15. The summed E-state index contributed by atoms with van der Waals surface area (Å²) in [5.74, 6) is 2.54. The van der Waals surface area contributed by atoms with E-state index in [4.69, 9.17) is 11.2 Å². The summed E-state index contributed by atoms with van der Waals surface area (Å²) in [4.78, 5) is 12.4. The van der Waals surface area contributed by atoms with Crippen LogP contribution in [0.15, 0.2) is 83.8 Å². The average molecular weight is 420 g/mol. The molecule has 0 aliphatic heterocycles. The van der Waals surface area contributed by atoms with Crippen molar-refractivity contribution in [2.45, 2.75) is 11.5 Å². The second kappa shape index (κ2) is 9.74. The van der Waals surface area contributed by atoms with Gasteiger partial charge >= 0.3 is 0 Å². The molecule has 152 valence electrons. The predicted octanol–water partition coefficient (Wildman–Crippen LogP) is 3.43. The summed E-state index contributed by atoms with van der Waals surface area (Å²) >= 11 is 0. The number of anilines is 1. The van der Waals surface area contributed by atoms with E-state index in [-0.39, 0.29) is 17.3 Å². The zero-order valence-electron chi connectivity index (χ0n) is 16.0. The number of carbonyl (C=O) groups excluding carboxylic acids is 1. The summed E-state index contributed by atoms with van der Waals surface area (Å²) in [6.07, 6.45) is 5.07. The highest BCUT2D eigenvalue weighted by molar-refractivity contribution is 7.89. The second-order valence-electron chi connectivity index (χ2n) is 6.31. The van der Waals surface area contributed by atoms with E-state index in [0.717, 1.165) is 5.56 Å². The Bertz CT molecular complexity index is 1130. The first-order valence-electron chi connectivity index (χ1n) is 9.09. The fraction of sp³-hybridized carbons (Fsp3) is 0.0870. The Labute approximate surface area is 176 Å². The molecule has 0 aliphatic rings. The maximum absolute atomic E-state index is 12.4. The Kier molecular flexibility index (Phi) is 6.86. The van der Waals surface area contributed by atoms with E-state index in [1.807, 2.05) is 30.3 Å². The Balaban J connectivity index is 1.58. The number of amides is 1. The van der Waals surface area contributed by atoms with Gasteiger partial charge in [-0.1, -0.05) is 36.3 Å². The van der Waals surface area contributed by atoms with Crippen LogP contribution in [0.2, 0.25) is 0 Å². The highest BCUT2D eigenvalue weighted by Crippen LogP contribution is 2.18. The van der Waals surface area contributed by atoms with Gasteiger partial charge < -0.3 is 10.1 Å². The van der Waals surface area contributed by atoms with Crippen LogP contribution < -0.4 is 14.8 Å². The minimum Gasteiger partial charge on any atom is -0.489 e. The van der Waals surface area contributed by atoms with Crippen molar-refractivity contribution in [3.8, 4) is 18.1 Å². The number of carbonyl (C=O) groups is 1. The Morgan fingerprint density at radius 1 is 0.933 bits per heavy atom. The number of benzene rings is 3. The molecule has 6 nitrogen and oxygen atoms in total. The first-order chi connectivity index (χ1) is 14.5. The maximum atomic E-state index is 12.4. The molecule has 0 atom stereocenters. The molecule has 1 amide bonds. The number of ether oxygens (including phenoxy) is 1. The highest BCUT2D eigenvalue weighted by Gasteiger charge is 2.14. The molecule has 0 aliphatic carbocycles. The number of nitrogens with one attached hydrogen (secondary N) is 2. The van der Waals surface area contributed by atoms with E-state index >= 15 is 0 Å². The van der Waals surface area contributed by atoms with Gasteiger partial charge in [0.05, 0.1) is 11.4 Å². The monoisotopic (exact) mass is 420 g/mol. The molecule has 0 radical (unpaired) electrons. The third-order valence-corrected chi connectivity index (χ3v) is 5.57. The van der Waals surface area contributed by atoms with Gasteiger partial charge in [0.2, 0.25) is 10.0 Å². The fourth-order valence-electron chi connectivity index (χ4n) is 2.58. The summed E-state index contributed by atoms with van der Waals surface area (Å²) in [5, 5.41) is 2.77. The number of hydrogen-bond acceptors (Lipinski definition) is 4. The van der Waals surface area contributed by atoms with Crippen LogP contribution in [0.25, 0.3) is 0 Å². The van der Waals surface area contributed by atoms with Gasteiger partial charge in [0, 0.05) is 11.3 Å². The zero-order valence-corrected chi connectivity index (χ0v) is 16.9. The van der Waals surface area contributed by atoms with Crippen molar-refractivity contribution in [1.29, 1.82) is 0 Å². The van der Waals surface area contributed by atoms with Crippen LogP contribution in [0.4, 0.5) is 5.69 Å². The molecular formula is C23H20N2O4S. The molecule has 2 N–H and O–H groups in total. The standard InChI is InChI=1S/C23H20N2O4S/c1-2-16-24-30(27,28)22-14-8-19(9-15-22)23(26)25-20-10-12-21(13-11-20)29-17-18-6-4-3-5-7-18/h1,3-15,24H,16-17H2,(H,25,26). The molecule has 0 saturated carbocycles. The van der Waals surface area contributed by atoms with Crippen LogP contribution in [-0.4, -0.2) is 20.9 Å². The van der Waals surface area contributed by atoms with Crippen LogP contribution in [0.5, 0.6) is 5.75 Å². The van der Waals surface area contributed by atoms with Crippen molar-refractivity contribution in [3.63, 3.8) is 0 Å². The van der Waals surface area contributed by atoms with Gasteiger partial charge in [-0.2, -0.15) is 4.72 Å². The number of rotatable bonds is 8. The van der Waals surface area contributed by atoms with Gasteiger partial charge in [-0.15, -0.1) is 6.42 Å². The van der Waals surface area contributed by atoms with Crippen LogP contribution in [0, 0.1) is 12.3 Å². The molecule has 30 heavy (non-hydrogen) atoms. The molecular weight excluding hydrogens is 400 g/mol. The number of hydrogen-bond donors (Lipinski definition) is 2. The molecule has 0 heterocycles. The van der Waals surface area contributed by atoms with Crippen LogP contribution in [-0.2, 0) is 16.6 Å². The normalized spacial score (nSPS) is 10.8. The molecule has 7 heteroatoms. The predicted molar refractivity (Wildman–Crippen MR) is 116 cm³/mol. The smallest absolute Gasteiger partial charge is 0.255 e. The number of terminal acetylenes is 1. The summed E-state index contributed by atoms with van der Waals surface area (Å²) < 4.78 is 32.0. The zero-order chi connectivity index (χ0) is 21.4. The van der Waals surface area contributed by atoms with Gasteiger partial charge in [-0.25, -0.2) is 8.42 Å². The van der Waals surface area contributed by atoms with Gasteiger partial charge in [0.25, 0.3) is 5.91 Å². The SMILES string of the molecule is C#CCNS(=O)(=O)c1ccc(C(=O)Nc2ccc(OCc3ccccc3)cc2)cc1. The maximum Gasteiger partial charge on any atom is 0.255 e. The molecule has 3 aromatic carbocycles. The lowest BCUT2D eigenvalue weighted by atomic mass is 10.2. The average Bonchev–Trinajstić information content (AvgIpc) is 2.78. The van der Waals surface area contributed by atoms with Gasteiger partial charge in [-0.05, 0) is 54.1 Å². The van der Waals surface area contributed by atoms with E-state index in [9.17, 15) is 13.2 Å². The first-order valence-corrected chi connectivity index (χ1v) is 10.6. The third kappa shape index (κ3) is 5.70. The molecule has 0 bridgehead atoms. The largest absolute Gasteiger partial charge is 0.489 e. The van der Waals surface area contributed by atoms with E-state index in [0.29, 0.717) is 23.6 Å². The van der Waals surface area contributed by atoms with E-state index in [1.165, 1.54) is 24.3 Å². The topological polar surface area (TPSA) is 84.5 Å². The summed E-state index contributed by atoms with van der Waals surface area (Å²) in [6, 6.07) is 22.4. The molecule has 0 aromatic heterocycles. The van der Waals surface area contributed by atoms with Crippen molar-refractivity contribution in [1.82, 2.24) is 4.72 Å². The van der Waals surface area contributed by atoms with E-state index in [2.05, 4.69) is 16.0 Å². The minimum atomic E-state index is -3.69. The lowest BCUT2D eigenvalue weighted by Crippen LogP contribution is -2.24. The molecule has 3 aromatic rings.